The first-order chi connectivity index (χ1) is 13.5. The van der Waals surface area contributed by atoms with Gasteiger partial charge in [-0.3, -0.25) is 4.79 Å². The average Bonchev–Trinajstić information content (AvgIpc) is 3.21. The van der Waals surface area contributed by atoms with Crippen LogP contribution in [0.4, 0.5) is 13.2 Å². The van der Waals surface area contributed by atoms with Crippen LogP contribution in [0, 0.1) is 27.7 Å². The molecule has 0 aliphatic rings. The third-order valence-corrected chi connectivity index (χ3v) is 5.52. The molecule has 1 aromatic carbocycles. The summed E-state index contributed by atoms with van der Waals surface area (Å²) in [6.07, 6.45) is -4.35. The Morgan fingerprint density at radius 1 is 1.10 bits per heavy atom. The van der Waals surface area contributed by atoms with Crippen molar-refractivity contribution in [3.05, 3.63) is 52.3 Å². The lowest BCUT2D eigenvalue weighted by Gasteiger charge is -2.12. The van der Waals surface area contributed by atoms with E-state index >= 15 is 0 Å². The Balaban J connectivity index is 1.69. The Labute approximate surface area is 170 Å². The second kappa shape index (κ2) is 8.06. The van der Waals surface area contributed by atoms with Gasteiger partial charge >= 0.3 is 6.18 Å². The van der Waals surface area contributed by atoms with E-state index in [1.807, 2.05) is 32.0 Å². The molecule has 0 N–H and O–H groups in total. The highest BCUT2D eigenvalue weighted by Crippen LogP contribution is 2.27. The van der Waals surface area contributed by atoms with Gasteiger partial charge in [0.1, 0.15) is 6.54 Å². The van der Waals surface area contributed by atoms with Crippen molar-refractivity contribution in [2.75, 3.05) is 5.75 Å². The minimum absolute atomic E-state index is 0.00906. The van der Waals surface area contributed by atoms with Crippen LogP contribution >= 0.6 is 11.8 Å². The summed E-state index contributed by atoms with van der Waals surface area (Å²) in [5.74, 6) is 0.0547. The Hall–Kier alpha value is -2.55. The number of hydrogen-bond acceptors (Lipinski definition) is 5. The molecule has 2 aromatic heterocycles. The molecule has 3 rings (SSSR count). The average molecular weight is 423 g/mol. The fraction of sp³-hybridized carbons (Fsp3) is 0.350. The van der Waals surface area contributed by atoms with Gasteiger partial charge in [-0.25, -0.2) is 0 Å². The summed E-state index contributed by atoms with van der Waals surface area (Å²) in [6.45, 7) is 5.94. The number of Topliss-reactive ketones (excluding diaryl/α,β-unsaturated/α-hetero) is 1. The summed E-state index contributed by atoms with van der Waals surface area (Å²) in [6, 6.07) is 7.27. The number of halogens is 3. The predicted octanol–water partition coefficient (Wildman–Crippen LogP) is 5.31. The molecular formula is C20H20F3N3O2S. The summed E-state index contributed by atoms with van der Waals surface area (Å²) < 4.78 is 44.9. The van der Waals surface area contributed by atoms with Crippen molar-refractivity contribution >= 4 is 17.5 Å². The number of aryl methyl sites for hydroxylation is 3. The number of nitrogens with zero attached hydrogens (tertiary/aromatic N) is 3. The Morgan fingerprint density at radius 3 is 2.48 bits per heavy atom. The third-order valence-electron chi connectivity index (χ3n) is 4.70. The number of carbonyl (C=O) groups excluding carboxylic acids is 1. The normalized spacial score (nSPS) is 11.8. The predicted molar refractivity (Wildman–Crippen MR) is 104 cm³/mol. The molecule has 2 heterocycles. The molecule has 0 radical (unpaired) electrons. The first-order valence-electron chi connectivity index (χ1n) is 8.86. The molecule has 0 fully saturated rings. The molecule has 0 saturated heterocycles. The molecule has 0 amide bonds. The number of rotatable bonds is 6. The largest absolute Gasteiger partial charge is 0.411 e. The number of benzene rings is 1. The van der Waals surface area contributed by atoms with Gasteiger partial charge in [-0.05, 0) is 57.0 Å². The minimum atomic E-state index is -4.35. The second-order valence-electron chi connectivity index (χ2n) is 6.87. The highest BCUT2D eigenvalue weighted by atomic mass is 32.2. The van der Waals surface area contributed by atoms with Crippen LogP contribution < -0.4 is 0 Å². The standard InChI is InChI=1S/C20H20F3N3O2S/c1-11-5-6-15(7-12(11)2)18-24-25-19(28-18)29-9-17(27)16-8-13(3)26(14(16)4)10-20(21,22)23/h5-8H,9-10H2,1-4H3. The zero-order valence-corrected chi connectivity index (χ0v) is 17.2. The highest BCUT2D eigenvalue weighted by molar-refractivity contribution is 7.99. The number of thioether (sulfide) groups is 1. The molecule has 154 valence electrons. The van der Waals surface area contributed by atoms with Crippen LogP contribution in [-0.2, 0) is 6.54 Å². The van der Waals surface area contributed by atoms with Gasteiger partial charge in [0.25, 0.3) is 5.22 Å². The van der Waals surface area contributed by atoms with Crippen molar-refractivity contribution in [2.24, 2.45) is 0 Å². The molecule has 3 aromatic rings. The van der Waals surface area contributed by atoms with Gasteiger partial charge in [-0.15, -0.1) is 10.2 Å². The van der Waals surface area contributed by atoms with Crippen LogP contribution in [0.15, 0.2) is 33.9 Å². The maximum absolute atomic E-state index is 12.7. The van der Waals surface area contributed by atoms with Crippen LogP contribution in [0.3, 0.4) is 0 Å². The topological polar surface area (TPSA) is 60.9 Å². The Morgan fingerprint density at radius 2 is 1.83 bits per heavy atom. The van der Waals surface area contributed by atoms with Crippen LogP contribution in [0.2, 0.25) is 0 Å². The number of aromatic nitrogens is 3. The molecule has 0 unspecified atom stereocenters. The molecule has 0 saturated carbocycles. The van der Waals surface area contributed by atoms with Gasteiger partial charge in [0.15, 0.2) is 5.78 Å². The van der Waals surface area contributed by atoms with E-state index in [0.29, 0.717) is 17.3 Å². The van der Waals surface area contributed by atoms with Crippen LogP contribution in [0.25, 0.3) is 11.5 Å². The molecule has 29 heavy (non-hydrogen) atoms. The highest BCUT2D eigenvalue weighted by Gasteiger charge is 2.30. The van der Waals surface area contributed by atoms with Gasteiger partial charge in [0.05, 0.1) is 5.75 Å². The molecule has 9 heteroatoms. The van der Waals surface area contributed by atoms with Crippen molar-refractivity contribution in [2.45, 2.75) is 45.6 Å². The van der Waals surface area contributed by atoms with E-state index in [0.717, 1.165) is 33.0 Å². The van der Waals surface area contributed by atoms with E-state index in [-0.39, 0.29) is 22.3 Å². The zero-order valence-electron chi connectivity index (χ0n) is 16.4. The Kier molecular flexibility index (Phi) is 5.88. The maximum atomic E-state index is 12.7. The lowest BCUT2D eigenvalue weighted by Crippen LogP contribution is -2.19. The monoisotopic (exact) mass is 423 g/mol. The van der Waals surface area contributed by atoms with Gasteiger partial charge < -0.3 is 8.98 Å². The molecule has 0 spiro atoms. The van der Waals surface area contributed by atoms with Gasteiger partial charge in [-0.2, -0.15) is 13.2 Å². The van der Waals surface area contributed by atoms with E-state index in [4.69, 9.17) is 4.42 Å². The van der Waals surface area contributed by atoms with Crippen LogP contribution in [0.5, 0.6) is 0 Å². The fourth-order valence-electron chi connectivity index (χ4n) is 2.97. The van der Waals surface area contributed by atoms with E-state index in [1.54, 1.807) is 6.92 Å². The SMILES string of the molecule is Cc1ccc(-c2nnc(SCC(=O)c3cc(C)n(CC(F)(F)F)c3C)o2)cc1C. The summed E-state index contributed by atoms with van der Waals surface area (Å²) in [5.41, 5.74) is 3.99. The molecule has 0 aliphatic carbocycles. The van der Waals surface area contributed by atoms with Crippen molar-refractivity contribution in [1.29, 1.82) is 0 Å². The van der Waals surface area contributed by atoms with Gasteiger partial charge in [-0.1, -0.05) is 17.8 Å². The van der Waals surface area contributed by atoms with Crippen molar-refractivity contribution in [3.8, 4) is 11.5 Å². The second-order valence-corrected chi connectivity index (χ2v) is 7.80. The van der Waals surface area contributed by atoms with E-state index < -0.39 is 12.7 Å². The molecule has 5 nitrogen and oxygen atoms in total. The Bertz CT molecular complexity index is 1050. The first-order valence-corrected chi connectivity index (χ1v) is 9.84. The maximum Gasteiger partial charge on any atom is 0.406 e. The number of hydrogen-bond donors (Lipinski definition) is 0. The number of alkyl halides is 3. The minimum Gasteiger partial charge on any atom is -0.411 e. The van der Waals surface area contributed by atoms with E-state index in [1.165, 1.54) is 13.0 Å². The molecule has 0 aliphatic heterocycles. The van der Waals surface area contributed by atoms with E-state index in [9.17, 15) is 18.0 Å². The van der Waals surface area contributed by atoms with Crippen LogP contribution in [-0.4, -0.2) is 32.5 Å². The lowest BCUT2D eigenvalue weighted by atomic mass is 10.1. The van der Waals surface area contributed by atoms with Gasteiger partial charge in [0, 0.05) is 22.5 Å². The molecule has 0 atom stereocenters. The van der Waals surface area contributed by atoms with Crippen molar-refractivity contribution in [1.82, 2.24) is 14.8 Å². The number of carbonyl (C=O) groups is 1. The summed E-state index contributed by atoms with van der Waals surface area (Å²) in [4.78, 5) is 12.5. The number of ketones is 1. The summed E-state index contributed by atoms with van der Waals surface area (Å²) in [5, 5.41) is 8.18. The van der Waals surface area contributed by atoms with Crippen molar-refractivity contribution < 1.29 is 22.4 Å². The van der Waals surface area contributed by atoms with Crippen molar-refractivity contribution in [3.63, 3.8) is 0 Å². The lowest BCUT2D eigenvalue weighted by molar-refractivity contribution is -0.141. The smallest absolute Gasteiger partial charge is 0.406 e. The third kappa shape index (κ3) is 4.90. The fourth-order valence-corrected chi connectivity index (χ4v) is 3.62. The molecular weight excluding hydrogens is 403 g/mol. The van der Waals surface area contributed by atoms with Gasteiger partial charge in [0.2, 0.25) is 5.89 Å². The van der Waals surface area contributed by atoms with E-state index in [2.05, 4.69) is 10.2 Å². The first kappa shape index (κ1) is 21.2. The molecule has 0 bridgehead atoms. The quantitative estimate of drug-likeness (QED) is 0.397. The summed E-state index contributed by atoms with van der Waals surface area (Å²) in [7, 11) is 0. The zero-order chi connectivity index (χ0) is 21.3. The van der Waals surface area contributed by atoms with Crippen LogP contribution in [0.1, 0.15) is 32.9 Å². The summed E-state index contributed by atoms with van der Waals surface area (Å²) >= 11 is 1.06.